The molecule has 0 bridgehead atoms. The van der Waals surface area contributed by atoms with Crippen molar-refractivity contribution >= 4 is 5.95 Å². The van der Waals surface area contributed by atoms with Gasteiger partial charge in [0.05, 0.1) is 5.69 Å². The van der Waals surface area contributed by atoms with Crippen molar-refractivity contribution in [1.29, 1.82) is 0 Å². The molecule has 1 heterocycles. The number of aromatic amines is 1. The summed E-state index contributed by atoms with van der Waals surface area (Å²) in [6.45, 7) is 0. The van der Waals surface area contributed by atoms with E-state index >= 15 is 0 Å². The van der Waals surface area contributed by atoms with Gasteiger partial charge in [-0.15, -0.1) is 0 Å². The summed E-state index contributed by atoms with van der Waals surface area (Å²) in [5.41, 5.74) is 7.30. The van der Waals surface area contributed by atoms with Gasteiger partial charge in [-0.3, -0.25) is 9.78 Å². The number of H-pyrrole nitrogens is 1. The molecule has 0 radical (unpaired) electrons. The van der Waals surface area contributed by atoms with Crippen molar-refractivity contribution in [1.82, 2.24) is 9.97 Å². The highest BCUT2D eigenvalue weighted by molar-refractivity contribution is 5.42. The molecule has 0 amide bonds. The van der Waals surface area contributed by atoms with Crippen LogP contribution in [0, 0.1) is 0 Å². The predicted molar refractivity (Wildman–Crippen MR) is 65.7 cm³/mol. The lowest BCUT2D eigenvalue weighted by atomic mass is 9.92. The highest BCUT2D eigenvalue weighted by atomic mass is 16.1. The van der Waals surface area contributed by atoms with E-state index in [1.807, 2.05) is 18.2 Å². The van der Waals surface area contributed by atoms with Crippen LogP contribution >= 0.6 is 0 Å². The van der Waals surface area contributed by atoms with Crippen LogP contribution in [0.1, 0.15) is 24.1 Å². The molecule has 0 spiro atoms. The monoisotopic (exact) mass is 227 g/mol. The van der Waals surface area contributed by atoms with E-state index in [9.17, 15) is 4.79 Å². The Hall–Kier alpha value is -2.10. The van der Waals surface area contributed by atoms with Gasteiger partial charge in [-0.25, -0.2) is 4.98 Å². The number of aromatic nitrogens is 2. The second-order valence-electron chi connectivity index (χ2n) is 4.46. The third kappa shape index (κ3) is 1.62. The van der Waals surface area contributed by atoms with Crippen LogP contribution < -0.4 is 11.3 Å². The van der Waals surface area contributed by atoms with Crippen molar-refractivity contribution in [2.75, 3.05) is 5.73 Å². The van der Waals surface area contributed by atoms with E-state index in [-0.39, 0.29) is 16.9 Å². The maximum absolute atomic E-state index is 11.4. The number of nitrogens with zero attached hydrogens (tertiary/aromatic N) is 1. The Bertz CT molecular complexity index is 600. The average Bonchev–Trinajstić information content (AvgIpc) is 3.10. The summed E-state index contributed by atoms with van der Waals surface area (Å²) in [4.78, 5) is 18.2. The van der Waals surface area contributed by atoms with E-state index in [0.29, 0.717) is 0 Å². The predicted octanol–water partition coefficient (Wildman–Crippen LogP) is 1.43. The van der Waals surface area contributed by atoms with Crippen LogP contribution in [0.2, 0.25) is 0 Å². The number of nitrogen functional groups attached to an aromatic ring is 1. The summed E-state index contributed by atoms with van der Waals surface area (Å²) >= 11 is 0. The first-order valence-corrected chi connectivity index (χ1v) is 5.64. The Kier molecular flexibility index (Phi) is 2.04. The molecule has 0 atom stereocenters. The van der Waals surface area contributed by atoms with Crippen LogP contribution in [0.4, 0.5) is 5.95 Å². The Balaban J connectivity index is 2.12. The fraction of sp³-hybridized carbons (Fsp3) is 0.231. The fourth-order valence-electron chi connectivity index (χ4n) is 2.30. The molecule has 86 valence electrons. The Morgan fingerprint density at radius 3 is 2.53 bits per heavy atom. The quantitative estimate of drug-likeness (QED) is 0.815. The molecule has 4 nitrogen and oxygen atoms in total. The van der Waals surface area contributed by atoms with Crippen LogP contribution in [0.5, 0.6) is 0 Å². The minimum atomic E-state index is -0.185. The lowest BCUT2D eigenvalue weighted by molar-refractivity contribution is 0.794. The molecular formula is C13H13N3O. The largest absolute Gasteiger partial charge is 0.369 e. The number of hydrogen-bond donors (Lipinski definition) is 2. The zero-order chi connectivity index (χ0) is 11.9. The zero-order valence-corrected chi connectivity index (χ0v) is 9.31. The van der Waals surface area contributed by atoms with Crippen LogP contribution in [-0.2, 0) is 5.41 Å². The van der Waals surface area contributed by atoms with Gasteiger partial charge < -0.3 is 5.73 Å². The van der Waals surface area contributed by atoms with Crippen molar-refractivity contribution in [3.63, 3.8) is 0 Å². The van der Waals surface area contributed by atoms with Gasteiger partial charge in [0.25, 0.3) is 5.56 Å². The molecule has 0 saturated heterocycles. The van der Waals surface area contributed by atoms with Gasteiger partial charge in [-0.05, 0) is 18.4 Å². The average molecular weight is 227 g/mol. The Morgan fingerprint density at radius 1 is 1.24 bits per heavy atom. The van der Waals surface area contributed by atoms with Gasteiger partial charge in [0, 0.05) is 11.5 Å². The summed E-state index contributed by atoms with van der Waals surface area (Å²) in [6.07, 6.45) is 2.04. The molecular weight excluding hydrogens is 214 g/mol. The molecule has 3 rings (SSSR count). The number of anilines is 1. The van der Waals surface area contributed by atoms with E-state index in [2.05, 4.69) is 22.1 Å². The molecule has 1 aromatic heterocycles. The van der Waals surface area contributed by atoms with E-state index in [1.165, 1.54) is 5.56 Å². The number of nitrogens with two attached hydrogens (primary N) is 1. The highest BCUT2D eigenvalue weighted by Crippen LogP contribution is 2.52. The number of nitrogens with one attached hydrogen (secondary N) is 1. The molecule has 1 aliphatic carbocycles. The van der Waals surface area contributed by atoms with Gasteiger partial charge >= 0.3 is 0 Å². The third-order valence-electron chi connectivity index (χ3n) is 3.33. The molecule has 1 fully saturated rings. The first kappa shape index (κ1) is 10.1. The molecule has 4 heteroatoms. The number of benzene rings is 1. The van der Waals surface area contributed by atoms with Gasteiger partial charge in [0.2, 0.25) is 5.95 Å². The van der Waals surface area contributed by atoms with Crippen molar-refractivity contribution in [2.24, 2.45) is 0 Å². The van der Waals surface area contributed by atoms with E-state index < -0.39 is 0 Å². The van der Waals surface area contributed by atoms with Gasteiger partial charge in [-0.1, -0.05) is 30.3 Å². The first-order chi connectivity index (χ1) is 8.21. The normalized spacial score (nSPS) is 16.7. The van der Waals surface area contributed by atoms with Gasteiger partial charge in [0.15, 0.2) is 0 Å². The third-order valence-corrected chi connectivity index (χ3v) is 3.33. The highest BCUT2D eigenvalue weighted by Gasteiger charge is 2.47. The molecule has 3 N–H and O–H groups in total. The standard InChI is InChI=1S/C13H13N3O/c14-12-15-10(8-11(17)16-12)13(6-7-13)9-4-2-1-3-5-9/h1-5,8H,6-7H2,(H3,14,15,16,17). The first-order valence-electron chi connectivity index (χ1n) is 5.64. The zero-order valence-electron chi connectivity index (χ0n) is 9.31. The van der Waals surface area contributed by atoms with Crippen molar-refractivity contribution in [3.8, 4) is 0 Å². The number of hydrogen-bond acceptors (Lipinski definition) is 3. The topological polar surface area (TPSA) is 71.8 Å². The fourth-order valence-corrected chi connectivity index (χ4v) is 2.30. The minimum Gasteiger partial charge on any atom is -0.369 e. The van der Waals surface area contributed by atoms with Crippen LogP contribution in [-0.4, -0.2) is 9.97 Å². The van der Waals surface area contributed by atoms with Crippen LogP contribution in [0.15, 0.2) is 41.2 Å². The Morgan fingerprint density at radius 2 is 1.94 bits per heavy atom. The van der Waals surface area contributed by atoms with Gasteiger partial charge in [0.1, 0.15) is 0 Å². The Labute approximate surface area is 98.5 Å². The van der Waals surface area contributed by atoms with Crippen molar-refractivity contribution in [2.45, 2.75) is 18.3 Å². The molecule has 1 aliphatic rings. The van der Waals surface area contributed by atoms with Crippen molar-refractivity contribution in [3.05, 3.63) is 58.0 Å². The van der Waals surface area contributed by atoms with E-state index in [0.717, 1.165) is 18.5 Å². The summed E-state index contributed by atoms with van der Waals surface area (Å²) in [7, 11) is 0. The van der Waals surface area contributed by atoms with Gasteiger partial charge in [-0.2, -0.15) is 0 Å². The maximum atomic E-state index is 11.4. The second-order valence-corrected chi connectivity index (χ2v) is 4.46. The van der Waals surface area contributed by atoms with Crippen molar-refractivity contribution < 1.29 is 0 Å². The van der Waals surface area contributed by atoms with Crippen LogP contribution in [0.3, 0.4) is 0 Å². The van der Waals surface area contributed by atoms with Crippen LogP contribution in [0.25, 0.3) is 0 Å². The summed E-state index contributed by atoms with van der Waals surface area (Å²) in [6, 6.07) is 11.7. The maximum Gasteiger partial charge on any atom is 0.252 e. The molecule has 0 unspecified atom stereocenters. The SMILES string of the molecule is Nc1nc(C2(c3ccccc3)CC2)cc(=O)[nH]1. The molecule has 1 saturated carbocycles. The molecule has 1 aromatic carbocycles. The second kappa shape index (κ2) is 3.45. The molecule has 17 heavy (non-hydrogen) atoms. The molecule has 2 aromatic rings. The summed E-state index contributed by atoms with van der Waals surface area (Å²) in [5, 5.41) is 0. The van der Waals surface area contributed by atoms with E-state index in [4.69, 9.17) is 5.73 Å². The lowest BCUT2D eigenvalue weighted by Crippen LogP contribution is -2.18. The minimum absolute atomic E-state index is 0.0936. The molecule has 0 aliphatic heterocycles. The van der Waals surface area contributed by atoms with E-state index in [1.54, 1.807) is 6.07 Å². The lowest BCUT2D eigenvalue weighted by Gasteiger charge is -2.14. The number of rotatable bonds is 2. The summed E-state index contributed by atoms with van der Waals surface area (Å²) in [5.74, 6) is 0.190. The summed E-state index contributed by atoms with van der Waals surface area (Å²) < 4.78 is 0. The smallest absolute Gasteiger partial charge is 0.252 e.